The first-order valence-electron chi connectivity index (χ1n) is 5.09. The fourth-order valence-corrected chi connectivity index (χ4v) is 2.35. The molecule has 0 unspecified atom stereocenters. The van der Waals surface area contributed by atoms with Gasteiger partial charge in [-0.25, -0.2) is 8.42 Å². The minimum atomic E-state index is -3.19. The Morgan fingerprint density at radius 2 is 1.78 bits per heavy atom. The maximum absolute atomic E-state index is 11.3. The van der Waals surface area contributed by atoms with Crippen LogP contribution in [-0.4, -0.2) is 19.7 Å². The van der Waals surface area contributed by atoms with Crippen molar-refractivity contribution in [2.75, 3.05) is 12.0 Å². The van der Waals surface area contributed by atoms with Gasteiger partial charge in [-0.3, -0.25) is 4.98 Å². The van der Waals surface area contributed by atoms with E-state index in [9.17, 15) is 8.42 Å². The predicted molar refractivity (Wildman–Crippen MR) is 72.2 cm³/mol. The molecule has 0 saturated heterocycles. The molecule has 0 saturated carbocycles. The Kier molecular flexibility index (Phi) is 3.28. The summed E-state index contributed by atoms with van der Waals surface area (Å²) in [5.41, 5.74) is 7.73. The lowest BCUT2D eigenvalue weighted by Crippen LogP contribution is -1.97. The standard InChI is InChI=1S/C12H11ClN2O2S/c1-18(16,17)9-4-2-8(3-5-9)10-6-15-7-11(13)12(10)14/h2-7H,1H3,(H2,14,15). The summed E-state index contributed by atoms with van der Waals surface area (Å²) in [6.45, 7) is 0. The van der Waals surface area contributed by atoms with Crippen LogP contribution in [0.1, 0.15) is 0 Å². The lowest BCUT2D eigenvalue weighted by molar-refractivity contribution is 0.602. The van der Waals surface area contributed by atoms with E-state index in [1.54, 1.807) is 18.3 Å². The van der Waals surface area contributed by atoms with Crippen molar-refractivity contribution in [3.05, 3.63) is 41.7 Å². The van der Waals surface area contributed by atoms with Crippen LogP contribution in [0.4, 0.5) is 5.69 Å². The van der Waals surface area contributed by atoms with Gasteiger partial charge < -0.3 is 5.73 Å². The summed E-state index contributed by atoms with van der Waals surface area (Å²) in [7, 11) is -3.19. The van der Waals surface area contributed by atoms with Gasteiger partial charge in [0.05, 0.1) is 15.6 Å². The van der Waals surface area contributed by atoms with E-state index < -0.39 is 9.84 Å². The summed E-state index contributed by atoms with van der Waals surface area (Å²) >= 11 is 5.88. The van der Waals surface area contributed by atoms with E-state index in [1.807, 2.05) is 0 Å². The van der Waals surface area contributed by atoms with Gasteiger partial charge in [-0.2, -0.15) is 0 Å². The van der Waals surface area contributed by atoms with E-state index in [1.165, 1.54) is 18.3 Å². The van der Waals surface area contributed by atoms with Crippen LogP contribution in [0.5, 0.6) is 0 Å². The number of hydrogen-bond donors (Lipinski definition) is 1. The van der Waals surface area contributed by atoms with E-state index in [0.29, 0.717) is 16.3 Å². The molecule has 18 heavy (non-hydrogen) atoms. The van der Waals surface area contributed by atoms with Gasteiger partial charge in [0.15, 0.2) is 9.84 Å². The second-order valence-corrected chi connectivity index (χ2v) is 6.30. The molecule has 2 rings (SSSR count). The average Bonchev–Trinajstić information content (AvgIpc) is 2.32. The first-order chi connectivity index (χ1) is 8.39. The summed E-state index contributed by atoms with van der Waals surface area (Å²) in [6, 6.07) is 6.43. The van der Waals surface area contributed by atoms with Gasteiger partial charge in [-0.15, -0.1) is 0 Å². The molecule has 0 atom stereocenters. The Bertz CT molecular complexity index is 682. The molecule has 94 valence electrons. The van der Waals surface area contributed by atoms with Gasteiger partial charge in [0, 0.05) is 24.2 Å². The molecule has 0 aliphatic carbocycles. The van der Waals surface area contributed by atoms with E-state index in [2.05, 4.69) is 4.98 Å². The quantitative estimate of drug-likeness (QED) is 0.918. The van der Waals surface area contributed by atoms with Crippen molar-refractivity contribution in [3.8, 4) is 11.1 Å². The van der Waals surface area contributed by atoms with Gasteiger partial charge >= 0.3 is 0 Å². The molecule has 2 N–H and O–H groups in total. The Labute approximate surface area is 110 Å². The highest BCUT2D eigenvalue weighted by Gasteiger charge is 2.09. The van der Waals surface area contributed by atoms with E-state index >= 15 is 0 Å². The van der Waals surface area contributed by atoms with Gasteiger partial charge in [0.1, 0.15) is 0 Å². The normalized spacial score (nSPS) is 11.4. The Morgan fingerprint density at radius 3 is 2.33 bits per heavy atom. The van der Waals surface area contributed by atoms with E-state index in [4.69, 9.17) is 17.3 Å². The van der Waals surface area contributed by atoms with E-state index in [-0.39, 0.29) is 4.90 Å². The third-order valence-electron chi connectivity index (χ3n) is 2.53. The topological polar surface area (TPSA) is 73.0 Å². The van der Waals surface area contributed by atoms with E-state index in [0.717, 1.165) is 11.8 Å². The molecule has 0 radical (unpaired) electrons. The minimum Gasteiger partial charge on any atom is -0.397 e. The van der Waals surface area contributed by atoms with Crippen molar-refractivity contribution < 1.29 is 8.42 Å². The van der Waals surface area contributed by atoms with Crippen molar-refractivity contribution in [1.82, 2.24) is 4.98 Å². The van der Waals surface area contributed by atoms with Gasteiger partial charge in [0.2, 0.25) is 0 Å². The number of nitrogens with two attached hydrogens (primary N) is 1. The number of halogens is 1. The summed E-state index contributed by atoms with van der Waals surface area (Å²) in [4.78, 5) is 4.23. The lowest BCUT2D eigenvalue weighted by atomic mass is 10.1. The van der Waals surface area contributed by atoms with Crippen LogP contribution in [0.3, 0.4) is 0 Å². The molecular formula is C12H11ClN2O2S. The fourth-order valence-electron chi connectivity index (χ4n) is 1.56. The summed E-state index contributed by atoms with van der Waals surface area (Å²) in [5.74, 6) is 0. The van der Waals surface area contributed by atoms with Crippen molar-refractivity contribution in [2.24, 2.45) is 0 Å². The van der Waals surface area contributed by atoms with Crippen LogP contribution in [-0.2, 0) is 9.84 Å². The molecule has 1 aromatic heterocycles. The molecule has 0 aliphatic heterocycles. The monoisotopic (exact) mass is 282 g/mol. The zero-order valence-electron chi connectivity index (χ0n) is 9.59. The van der Waals surface area contributed by atoms with Crippen LogP contribution in [0.15, 0.2) is 41.6 Å². The smallest absolute Gasteiger partial charge is 0.175 e. The molecule has 4 nitrogen and oxygen atoms in total. The predicted octanol–water partition coefficient (Wildman–Crippen LogP) is 2.39. The largest absolute Gasteiger partial charge is 0.397 e. The van der Waals surface area contributed by atoms with Crippen molar-refractivity contribution >= 4 is 27.1 Å². The SMILES string of the molecule is CS(=O)(=O)c1ccc(-c2cncc(Cl)c2N)cc1. The molecule has 0 fully saturated rings. The highest BCUT2D eigenvalue weighted by Crippen LogP contribution is 2.30. The summed E-state index contributed by atoms with van der Waals surface area (Å²) in [5, 5.41) is 0.375. The fraction of sp³-hybridized carbons (Fsp3) is 0.0833. The highest BCUT2D eigenvalue weighted by molar-refractivity contribution is 7.90. The zero-order chi connectivity index (χ0) is 13.3. The number of sulfone groups is 1. The van der Waals surface area contributed by atoms with Crippen LogP contribution >= 0.6 is 11.6 Å². The maximum atomic E-state index is 11.3. The number of aromatic nitrogens is 1. The zero-order valence-corrected chi connectivity index (χ0v) is 11.2. The van der Waals surface area contributed by atoms with Crippen LogP contribution in [0.2, 0.25) is 5.02 Å². The molecule has 0 bridgehead atoms. The Hall–Kier alpha value is -1.59. The molecule has 0 amide bonds. The number of pyridine rings is 1. The first kappa shape index (κ1) is 12.9. The third kappa shape index (κ3) is 2.47. The second-order valence-electron chi connectivity index (χ2n) is 3.88. The third-order valence-corrected chi connectivity index (χ3v) is 3.96. The van der Waals surface area contributed by atoms with Crippen LogP contribution in [0, 0.1) is 0 Å². The molecule has 1 aromatic carbocycles. The minimum absolute atomic E-state index is 0.264. The van der Waals surface area contributed by atoms with Gasteiger partial charge in [-0.1, -0.05) is 23.7 Å². The lowest BCUT2D eigenvalue weighted by Gasteiger charge is -2.07. The summed E-state index contributed by atoms with van der Waals surface area (Å²) < 4.78 is 22.7. The first-order valence-corrected chi connectivity index (χ1v) is 7.36. The molecular weight excluding hydrogens is 272 g/mol. The number of nitrogen functional groups attached to an aromatic ring is 1. The number of benzene rings is 1. The Balaban J connectivity index is 2.50. The molecule has 1 heterocycles. The Morgan fingerprint density at radius 1 is 1.17 bits per heavy atom. The molecule has 0 aliphatic rings. The maximum Gasteiger partial charge on any atom is 0.175 e. The van der Waals surface area contributed by atoms with Crippen LogP contribution in [0.25, 0.3) is 11.1 Å². The second kappa shape index (κ2) is 4.59. The summed E-state index contributed by atoms with van der Waals surface area (Å²) in [6.07, 6.45) is 4.22. The number of hydrogen-bond acceptors (Lipinski definition) is 4. The van der Waals surface area contributed by atoms with Crippen LogP contribution < -0.4 is 5.73 Å². The van der Waals surface area contributed by atoms with Gasteiger partial charge in [-0.05, 0) is 17.7 Å². The van der Waals surface area contributed by atoms with Crippen molar-refractivity contribution in [1.29, 1.82) is 0 Å². The van der Waals surface area contributed by atoms with Crippen molar-refractivity contribution in [3.63, 3.8) is 0 Å². The molecule has 0 spiro atoms. The number of nitrogens with zero attached hydrogens (tertiary/aromatic N) is 1. The van der Waals surface area contributed by atoms with Gasteiger partial charge in [0.25, 0.3) is 0 Å². The average molecular weight is 283 g/mol. The number of rotatable bonds is 2. The number of anilines is 1. The highest BCUT2D eigenvalue weighted by atomic mass is 35.5. The molecule has 2 aromatic rings. The van der Waals surface area contributed by atoms with Crippen molar-refractivity contribution in [2.45, 2.75) is 4.90 Å². The molecule has 6 heteroatoms.